The topological polar surface area (TPSA) is 30.5 Å². The first-order valence-corrected chi connectivity index (χ1v) is 10.3. The number of fused-ring (bicyclic) bond motifs is 1. The number of halogens is 4. The molecule has 1 N–H and O–H groups in total. The van der Waals surface area contributed by atoms with Crippen LogP contribution in [0.3, 0.4) is 0 Å². The zero-order chi connectivity index (χ0) is 16.9. The summed E-state index contributed by atoms with van der Waals surface area (Å²) < 4.78 is 38.6. The molecule has 24 heavy (non-hydrogen) atoms. The molecule has 0 amide bonds. The Hall–Kier alpha value is -0.990. The lowest BCUT2D eigenvalue weighted by atomic mass is 10.1. The van der Waals surface area contributed by atoms with Crippen LogP contribution in [0.5, 0.6) is 11.5 Å². The SMILES string of the molecule is CC1(CNC2=IC=C(c3cc4c(cc3Cl)OC(F)(F)O4)C=C2)CC1. The van der Waals surface area contributed by atoms with E-state index in [2.05, 4.69) is 31.9 Å². The fraction of sp³-hybridized carbons (Fsp3) is 0.353. The molecule has 1 aromatic carbocycles. The quantitative estimate of drug-likeness (QED) is 0.631. The van der Waals surface area contributed by atoms with Crippen molar-refractivity contribution in [1.82, 2.24) is 5.32 Å². The van der Waals surface area contributed by atoms with Gasteiger partial charge in [0, 0.05) is 21.8 Å². The van der Waals surface area contributed by atoms with Gasteiger partial charge in [0.15, 0.2) is 11.5 Å². The Bertz CT molecular complexity index is 800. The summed E-state index contributed by atoms with van der Waals surface area (Å²) in [6.45, 7) is 3.30. The van der Waals surface area contributed by atoms with Crippen molar-refractivity contribution in [2.45, 2.75) is 26.1 Å². The molecule has 1 saturated carbocycles. The Morgan fingerprint density at radius 1 is 1.21 bits per heavy atom. The van der Waals surface area contributed by atoms with E-state index in [4.69, 9.17) is 11.6 Å². The number of nitrogens with one attached hydrogen (secondary N) is 1. The van der Waals surface area contributed by atoms with Crippen LogP contribution in [-0.2, 0) is 0 Å². The Balaban J connectivity index is 1.54. The number of rotatable bonds is 4. The van der Waals surface area contributed by atoms with Gasteiger partial charge in [0.25, 0.3) is 0 Å². The predicted octanol–water partition coefficient (Wildman–Crippen LogP) is 5.06. The van der Waals surface area contributed by atoms with Gasteiger partial charge in [-0.1, -0.05) is 45.3 Å². The molecule has 3 aliphatic rings. The molecular formula is C17H15ClF2INO2. The summed E-state index contributed by atoms with van der Waals surface area (Å²) in [5.41, 5.74) is 2.07. The summed E-state index contributed by atoms with van der Waals surface area (Å²) in [6.07, 6.45) is 2.96. The molecule has 0 atom stereocenters. The highest BCUT2D eigenvalue weighted by Gasteiger charge is 2.44. The van der Waals surface area contributed by atoms with E-state index < -0.39 is 6.29 Å². The molecule has 1 aliphatic carbocycles. The lowest BCUT2D eigenvalue weighted by Gasteiger charge is -2.13. The molecule has 0 bridgehead atoms. The van der Waals surface area contributed by atoms with E-state index in [-0.39, 0.29) is 32.2 Å². The Labute approximate surface area is 153 Å². The normalized spacial score (nSPS) is 22.5. The van der Waals surface area contributed by atoms with Crippen molar-refractivity contribution in [2.24, 2.45) is 5.41 Å². The second-order valence-corrected chi connectivity index (χ2v) is 9.28. The smallest absolute Gasteiger partial charge is 0.395 e. The summed E-state index contributed by atoms with van der Waals surface area (Å²) >= 11 is 5.93. The molecule has 0 unspecified atom stereocenters. The van der Waals surface area contributed by atoms with Gasteiger partial charge in [-0.25, -0.2) is 0 Å². The van der Waals surface area contributed by atoms with Gasteiger partial charge in [-0.3, -0.25) is 5.32 Å². The van der Waals surface area contributed by atoms with Crippen molar-refractivity contribution < 1.29 is 18.3 Å². The molecule has 1 aromatic rings. The van der Waals surface area contributed by atoms with Crippen LogP contribution >= 0.6 is 32.3 Å². The van der Waals surface area contributed by atoms with Crippen LogP contribution in [0.15, 0.2) is 28.4 Å². The first-order valence-electron chi connectivity index (χ1n) is 7.56. The van der Waals surface area contributed by atoms with Gasteiger partial charge in [0.1, 0.15) is 0 Å². The van der Waals surface area contributed by atoms with Crippen LogP contribution in [0.1, 0.15) is 25.3 Å². The molecule has 3 nitrogen and oxygen atoms in total. The van der Waals surface area contributed by atoms with Gasteiger partial charge in [0.2, 0.25) is 0 Å². The van der Waals surface area contributed by atoms with Gasteiger partial charge < -0.3 is 9.47 Å². The second-order valence-electron chi connectivity index (χ2n) is 6.47. The largest absolute Gasteiger partial charge is 0.586 e. The standard InChI is InChI=1S/C17H15ClF2INO2/c1-16(4-5-16)9-22-15-3-2-10(8-21-15)11-6-13-14(7-12(11)18)24-17(19,20)23-13/h2-3,6-8,22H,4-5,9H2,1H3. The van der Waals surface area contributed by atoms with Crippen molar-refractivity contribution in [3.05, 3.63) is 39.0 Å². The van der Waals surface area contributed by atoms with Crippen LogP contribution in [0.25, 0.3) is 5.57 Å². The van der Waals surface area contributed by atoms with Crippen LogP contribution in [0, 0.1) is 5.41 Å². The van der Waals surface area contributed by atoms with E-state index in [0.29, 0.717) is 16.0 Å². The molecule has 0 radical (unpaired) electrons. The highest BCUT2D eigenvalue weighted by Crippen LogP contribution is 2.46. The van der Waals surface area contributed by atoms with Gasteiger partial charge in [-0.05, 0) is 40.1 Å². The zero-order valence-electron chi connectivity index (χ0n) is 12.8. The van der Waals surface area contributed by atoms with E-state index in [9.17, 15) is 8.78 Å². The van der Waals surface area contributed by atoms with Crippen molar-refractivity contribution >= 4 is 41.5 Å². The average Bonchev–Trinajstić information content (AvgIpc) is 3.18. The zero-order valence-corrected chi connectivity index (χ0v) is 15.7. The molecule has 0 spiro atoms. The van der Waals surface area contributed by atoms with Crippen molar-refractivity contribution in [1.29, 1.82) is 0 Å². The summed E-state index contributed by atoms with van der Waals surface area (Å²) in [5, 5.41) is 3.89. The molecule has 0 saturated heterocycles. The summed E-state index contributed by atoms with van der Waals surface area (Å²) in [7, 11) is 0. The molecule has 2 heterocycles. The van der Waals surface area contributed by atoms with E-state index >= 15 is 0 Å². The lowest BCUT2D eigenvalue weighted by Crippen LogP contribution is -2.26. The van der Waals surface area contributed by atoms with Crippen LogP contribution < -0.4 is 14.8 Å². The third-order valence-corrected chi connectivity index (χ3v) is 7.00. The molecule has 7 heteroatoms. The first kappa shape index (κ1) is 16.5. The number of allylic oxidation sites excluding steroid dienone is 2. The van der Waals surface area contributed by atoms with Crippen molar-refractivity contribution in [2.75, 3.05) is 6.54 Å². The number of benzene rings is 1. The fourth-order valence-electron chi connectivity index (χ4n) is 2.48. The monoisotopic (exact) mass is 465 g/mol. The summed E-state index contributed by atoms with van der Waals surface area (Å²) in [6, 6.07) is 2.90. The van der Waals surface area contributed by atoms with Gasteiger partial charge in [0.05, 0.1) is 5.02 Å². The van der Waals surface area contributed by atoms with Crippen molar-refractivity contribution in [3.63, 3.8) is 0 Å². The minimum Gasteiger partial charge on any atom is -0.395 e. The Morgan fingerprint density at radius 2 is 1.92 bits per heavy atom. The van der Waals surface area contributed by atoms with Crippen LogP contribution in [0.4, 0.5) is 8.78 Å². The third kappa shape index (κ3) is 3.36. The Morgan fingerprint density at radius 3 is 2.54 bits per heavy atom. The molecule has 1 fully saturated rings. The van der Waals surface area contributed by atoms with Gasteiger partial charge in [-0.2, -0.15) is 0 Å². The number of ether oxygens (including phenoxy) is 2. The number of hydrogen-bond acceptors (Lipinski definition) is 3. The Kier molecular flexibility index (Phi) is 3.97. The predicted molar refractivity (Wildman–Crippen MR) is 99.1 cm³/mol. The molecular weight excluding hydrogens is 451 g/mol. The molecule has 2 aliphatic heterocycles. The van der Waals surface area contributed by atoms with Crippen LogP contribution in [0.2, 0.25) is 5.02 Å². The van der Waals surface area contributed by atoms with Crippen LogP contribution in [-0.4, -0.2) is 16.5 Å². The maximum atomic E-state index is 13.2. The number of alkyl halides is 2. The van der Waals surface area contributed by atoms with E-state index in [1.165, 1.54) is 28.6 Å². The third-order valence-electron chi connectivity index (χ3n) is 4.29. The molecule has 0 aromatic heterocycles. The summed E-state index contributed by atoms with van der Waals surface area (Å²) in [4.78, 5) is 0. The highest BCUT2D eigenvalue weighted by molar-refractivity contribution is 14.2. The van der Waals surface area contributed by atoms with E-state index in [0.717, 1.165) is 12.1 Å². The second kappa shape index (κ2) is 5.78. The first-order chi connectivity index (χ1) is 11.3. The minimum atomic E-state index is -3.63. The maximum absolute atomic E-state index is 13.2. The van der Waals surface area contributed by atoms with Gasteiger partial charge >= 0.3 is 6.29 Å². The van der Waals surface area contributed by atoms with E-state index in [1.54, 1.807) is 0 Å². The van der Waals surface area contributed by atoms with Gasteiger partial charge in [-0.15, -0.1) is 8.78 Å². The summed E-state index contributed by atoms with van der Waals surface area (Å²) in [5.74, 6) is -0.0168. The lowest BCUT2D eigenvalue weighted by molar-refractivity contribution is -0.286. The molecule has 4 rings (SSSR count). The van der Waals surface area contributed by atoms with Crippen molar-refractivity contribution in [3.8, 4) is 11.5 Å². The molecule has 128 valence electrons. The average molecular weight is 466 g/mol. The highest BCUT2D eigenvalue weighted by atomic mass is 127. The van der Waals surface area contributed by atoms with E-state index in [1.807, 2.05) is 6.08 Å². The fourth-order valence-corrected chi connectivity index (χ4v) is 4.76. The number of hydrogen-bond donors (Lipinski definition) is 1. The minimum absolute atomic E-state index is 0.0152. The maximum Gasteiger partial charge on any atom is 0.586 e.